The van der Waals surface area contributed by atoms with E-state index in [9.17, 15) is 0 Å². The Morgan fingerprint density at radius 2 is 0.673 bits per heavy atom. The van der Waals surface area contributed by atoms with Crippen LogP contribution in [0.1, 0.15) is 0 Å². The second kappa shape index (κ2) is 10.0. The van der Waals surface area contributed by atoms with E-state index in [4.69, 9.17) is 4.42 Å². The van der Waals surface area contributed by atoms with E-state index in [1.807, 2.05) is 0 Å². The van der Waals surface area contributed by atoms with Crippen molar-refractivity contribution < 1.29 is 4.42 Å². The highest BCUT2D eigenvalue weighted by molar-refractivity contribution is 6.27. The molecule has 0 bridgehead atoms. The van der Waals surface area contributed by atoms with Gasteiger partial charge in [-0.15, -0.1) is 0 Å². The van der Waals surface area contributed by atoms with E-state index < -0.39 is 0 Å². The molecule has 0 aliphatic carbocycles. The molecule has 1 heterocycles. The van der Waals surface area contributed by atoms with Crippen LogP contribution in [-0.4, -0.2) is 0 Å². The van der Waals surface area contributed by atoms with E-state index in [0.29, 0.717) is 0 Å². The molecule has 11 rings (SSSR count). The van der Waals surface area contributed by atoms with E-state index in [0.717, 1.165) is 27.3 Å². The molecule has 0 radical (unpaired) electrons. The van der Waals surface area contributed by atoms with E-state index in [-0.39, 0.29) is 0 Å². The number of benzene rings is 10. The van der Waals surface area contributed by atoms with Gasteiger partial charge in [-0.2, -0.15) is 0 Å². The lowest BCUT2D eigenvalue weighted by atomic mass is 9.84. The van der Waals surface area contributed by atoms with Gasteiger partial charge >= 0.3 is 0 Å². The minimum Gasteiger partial charge on any atom is -0.455 e. The summed E-state index contributed by atoms with van der Waals surface area (Å²) in [5.41, 5.74) is 6.82. The Morgan fingerprint density at radius 1 is 0.265 bits per heavy atom. The Hall–Kier alpha value is -6.44. The van der Waals surface area contributed by atoms with Crippen molar-refractivity contribution in [2.75, 3.05) is 0 Å². The van der Waals surface area contributed by atoms with Crippen LogP contribution >= 0.6 is 0 Å². The summed E-state index contributed by atoms with van der Waals surface area (Å²) in [6.45, 7) is 0. The number of hydrogen-bond acceptors (Lipinski definition) is 1. The molecule has 0 spiro atoms. The third-order valence-electron chi connectivity index (χ3n) is 10.6. The summed E-state index contributed by atoms with van der Waals surface area (Å²) in [7, 11) is 0. The Labute approximate surface area is 282 Å². The monoisotopic (exact) mass is 620 g/mol. The Morgan fingerprint density at radius 3 is 1.24 bits per heavy atom. The van der Waals surface area contributed by atoms with Gasteiger partial charge in [-0.25, -0.2) is 0 Å². The van der Waals surface area contributed by atoms with Gasteiger partial charge in [0.05, 0.1) is 0 Å². The second-order valence-electron chi connectivity index (χ2n) is 13.2. The van der Waals surface area contributed by atoms with Crippen molar-refractivity contribution in [3.8, 4) is 22.3 Å². The fourth-order valence-electron chi connectivity index (χ4n) is 8.47. The van der Waals surface area contributed by atoms with Gasteiger partial charge in [0.2, 0.25) is 0 Å². The van der Waals surface area contributed by atoms with E-state index >= 15 is 0 Å². The maximum Gasteiger partial charge on any atom is 0.143 e. The molecular weight excluding hydrogens is 593 g/mol. The van der Waals surface area contributed by atoms with Crippen molar-refractivity contribution in [2.24, 2.45) is 0 Å². The van der Waals surface area contributed by atoms with Gasteiger partial charge in [-0.1, -0.05) is 146 Å². The molecule has 10 aromatic carbocycles. The summed E-state index contributed by atoms with van der Waals surface area (Å²) < 4.78 is 6.50. The quantitative estimate of drug-likeness (QED) is 0.138. The van der Waals surface area contributed by atoms with E-state index in [1.165, 1.54) is 81.5 Å². The average Bonchev–Trinajstić information content (AvgIpc) is 3.55. The molecule has 0 unspecified atom stereocenters. The lowest BCUT2D eigenvalue weighted by Crippen LogP contribution is -1.91. The van der Waals surface area contributed by atoms with Crippen molar-refractivity contribution in [3.63, 3.8) is 0 Å². The number of rotatable bonds is 2. The van der Waals surface area contributed by atoms with Crippen LogP contribution in [0.5, 0.6) is 0 Å². The molecule has 49 heavy (non-hydrogen) atoms. The molecule has 1 nitrogen and oxygen atoms in total. The van der Waals surface area contributed by atoms with Crippen LogP contribution in [0.25, 0.3) is 109 Å². The molecule has 0 aliphatic heterocycles. The SMILES string of the molecule is c1ccc2c(c1)ccc1c3cc(-c4c5ccccc5c(-c5ccc6c7ccccc7c7ccccc7c6c5)c5ccccc45)ccc3oc21. The van der Waals surface area contributed by atoms with Crippen LogP contribution in [0, 0.1) is 0 Å². The number of hydrogen-bond donors (Lipinski definition) is 0. The zero-order valence-corrected chi connectivity index (χ0v) is 26.6. The summed E-state index contributed by atoms with van der Waals surface area (Å²) >= 11 is 0. The zero-order valence-electron chi connectivity index (χ0n) is 26.6. The van der Waals surface area contributed by atoms with Gasteiger partial charge in [-0.05, 0) is 106 Å². The van der Waals surface area contributed by atoms with Gasteiger partial charge in [0.25, 0.3) is 0 Å². The van der Waals surface area contributed by atoms with Crippen molar-refractivity contribution in [3.05, 3.63) is 170 Å². The second-order valence-corrected chi connectivity index (χ2v) is 13.2. The summed E-state index contributed by atoms with van der Waals surface area (Å²) in [6, 6.07) is 62.1. The molecule has 0 N–H and O–H groups in total. The minimum atomic E-state index is 0.913. The van der Waals surface area contributed by atoms with Crippen LogP contribution in [0.3, 0.4) is 0 Å². The highest BCUT2D eigenvalue weighted by Gasteiger charge is 2.19. The molecular formula is C48H28O. The summed E-state index contributed by atoms with van der Waals surface area (Å²) in [5.74, 6) is 0. The molecule has 11 aromatic rings. The fourth-order valence-corrected chi connectivity index (χ4v) is 8.47. The summed E-state index contributed by atoms with van der Waals surface area (Å²) in [5, 5.41) is 17.4. The first-order valence-corrected chi connectivity index (χ1v) is 16.9. The summed E-state index contributed by atoms with van der Waals surface area (Å²) in [6.07, 6.45) is 0. The molecule has 0 amide bonds. The molecule has 226 valence electrons. The van der Waals surface area contributed by atoms with E-state index in [1.54, 1.807) is 0 Å². The molecule has 0 fully saturated rings. The van der Waals surface area contributed by atoms with Crippen molar-refractivity contribution in [2.45, 2.75) is 0 Å². The molecule has 1 heteroatoms. The molecule has 0 saturated heterocycles. The Bertz CT molecular complexity index is 3070. The largest absolute Gasteiger partial charge is 0.455 e. The van der Waals surface area contributed by atoms with Gasteiger partial charge < -0.3 is 4.42 Å². The molecule has 1 aromatic heterocycles. The Balaban J connectivity index is 1.21. The fraction of sp³-hybridized carbons (Fsp3) is 0. The average molecular weight is 621 g/mol. The van der Waals surface area contributed by atoms with Crippen molar-refractivity contribution in [1.82, 2.24) is 0 Å². The lowest BCUT2D eigenvalue weighted by molar-refractivity contribution is 0.672. The standard InChI is InChI=1S/C48H28O/c1-2-12-32-29(11-1)21-25-42-44-28-31(23-26-45(44)49-48(32)42)47-40-19-9-7-17-38(40)46(39-18-8-10-20-41(39)47)30-22-24-37-35-15-4-3-13-33(35)34-14-5-6-16-36(34)43(37)27-30/h1-28H. The highest BCUT2D eigenvalue weighted by Crippen LogP contribution is 2.46. The lowest BCUT2D eigenvalue weighted by Gasteiger charge is -2.18. The van der Waals surface area contributed by atoms with Crippen LogP contribution < -0.4 is 0 Å². The molecule has 0 saturated carbocycles. The number of furan rings is 1. The first kappa shape index (κ1) is 26.6. The van der Waals surface area contributed by atoms with Crippen LogP contribution in [0.15, 0.2) is 174 Å². The van der Waals surface area contributed by atoms with Gasteiger partial charge in [-0.3, -0.25) is 0 Å². The minimum absolute atomic E-state index is 0.913. The van der Waals surface area contributed by atoms with E-state index in [2.05, 4.69) is 170 Å². The molecule has 0 aliphatic rings. The zero-order chi connectivity index (χ0) is 32.1. The Kier molecular flexibility index (Phi) is 5.45. The van der Waals surface area contributed by atoms with Gasteiger partial charge in [0.15, 0.2) is 0 Å². The van der Waals surface area contributed by atoms with Gasteiger partial charge in [0.1, 0.15) is 11.2 Å². The highest BCUT2D eigenvalue weighted by atomic mass is 16.3. The summed E-state index contributed by atoms with van der Waals surface area (Å²) in [4.78, 5) is 0. The normalized spacial score (nSPS) is 12.1. The maximum absolute atomic E-state index is 6.50. The van der Waals surface area contributed by atoms with Crippen molar-refractivity contribution >= 4 is 86.6 Å². The van der Waals surface area contributed by atoms with Crippen LogP contribution in [0.2, 0.25) is 0 Å². The van der Waals surface area contributed by atoms with Gasteiger partial charge in [0, 0.05) is 16.2 Å². The van der Waals surface area contributed by atoms with Crippen LogP contribution in [0.4, 0.5) is 0 Å². The van der Waals surface area contributed by atoms with Crippen LogP contribution in [-0.2, 0) is 0 Å². The first-order valence-electron chi connectivity index (χ1n) is 16.9. The first-order chi connectivity index (χ1) is 24.3. The smallest absolute Gasteiger partial charge is 0.143 e. The number of fused-ring (bicyclic) bond motifs is 13. The topological polar surface area (TPSA) is 13.1 Å². The predicted molar refractivity (Wildman–Crippen MR) is 210 cm³/mol. The third kappa shape index (κ3) is 3.76. The maximum atomic E-state index is 6.50. The van der Waals surface area contributed by atoms with Crippen molar-refractivity contribution in [1.29, 1.82) is 0 Å². The molecule has 0 atom stereocenters. The predicted octanol–water partition coefficient (Wildman–Crippen LogP) is 13.8. The third-order valence-corrected chi connectivity index (χ3v) is 10.6.